The minimum absolute atomic E-state index is 0.376. The molecule has 4 rings (SSSR count). The number of nitrogens with zero attached hydrogens (tertiary/aromatic N) is 3. The van der Waals surface area contributed by atoms with E-state index in [4.69, 9.17) is 0 Å². The van der Waals surface area contributed by atoms with E-state index in [2.05, 4.69) is 40.7 Å². The van der Waals surface area contributed by atoms with Crippen molar-refractivity contribution in [2.75, 3.05) is 39.3 Å². The number of phenolic OH excluding ortho intramolecular Hbond substituents is 3. The molecule has 1 aliphatic rings. The highest BCUT2D eigenvalue weighted by Crippen LogP contribution is 2.28. The Morgan fingerprint density at radius 3 is 1.29 bits per heavy atom. The van der Waals surface area contributed by atoms with Crippen LogP contribution in [0.25, 0.3) is 0 Å². The maximum atomic E-state index is 10.8. The maximum absolute atomic E-state index is 10.8. The predicted octanol–water partition coefficient (Wildman–Crippen LogP) is 5.17. The molecular formula is C32H43N3O3. The van der Waals surface area contributed by atoms with Gasteiger partial charge in [0.15, 0.2) is 0 Å². The van der Waals surface area contributed by atoms with Gasteiger partial charge in [-0.05, 0) is 51.3 Å². The van der Waals surface area contributed by atoms with E-state index in [1.807, 2.05) is 51.1 Å². The van der Waals surface area contributed by atoms with Crippen LogP contribution in [0.5, 0.6) is 17.2 Å². The number of hydrogen-bond donors (Lipinski definition) is 3. The van der Waals surface area contributed by atoms with Crippen LogP contribution < -0.4 is 0 Å². The van der Waals surface area contributed by atoms with Crippen LogP contribution in [-0.4, -0.2) is 69.3 Å². The molecule has 0 amide bonds. The largest absolute Gasteiger partial charge is 0.507 e. The topological polar surface area (TPSA) is 70.4 Å². The lowest BCUT2D eigenvalue weighted by Crippen LogP contribution is -2.35. The Kier molecular flexibility index (Phi) is 8.98. The summed E-state index contributed by atoms with van der Waals surface area (Å²) < 4.78 is 0. The van der Waals surface area contributed by atoms with Crippen LogP contribution >= 0.6 is 0 Å². The Hall–Kier alpha value is -3.06. The molecule has 3 N–H and O–H groups in total. The average Bonchev–Trinajstić information content (AvgIpc) is 2.95. The zero-order chi connectivity index (χ0) is 27.4. The van der Waals surface area contributed by atoms with Crippen LogP contribution in [-0.2, 0) is 19.6 Å². The van der Waals surface area contributed by atoms with Crippen LogP contribution in [0, 0.1) is 34.6 Å². The van der Waals surface area contributed by atoms with Gasteiger partial charge in [0.1, 0.15) is 17.2 Å². The number of rotatable bonds is 6. The van der Waals surface area contributed by atoms with Crippen molar-refractivity contribution in [2.45, 2.75) is 54.3 Å². The molecule has 1 aliphatic heterocycles. The molecule has 1 heterocycles. The second kappa shape index (κ2) is 12.2. The van der Waals surface area contributed by atoms with Crippen molar-refractivity contribution in [2.24, 2.45) is 0 Å². The molecule has 1 saturated heterocycles. The molecular weight excluding hydrogens is 474 g/mol. The molecule has 0 saturated carbocycles. The van der Waals surface area contributed by atoms with E-state index in [9.17, 15) is 15.3 Å². The van der Waals surface area contributed by atoms with Gasteiger partial charge >= 0.3 is 0 Å². The van der Waals surface area contributed by atoms with E-state index >= 15 is 0 Å². The Labute approximate surface area is 227 Å². The Bertz CT molecular complexity index is 1200. The quantitative estimate of drug-likeness (QED) is 0.419. The van der Waals surface area contributed by atoms with Gasteiger partial charge in [-0.15, -0.1) is 0 Å². The van der Waals surface area contributed by atoms with Gasteiger partial charge in [0.2, 0.25) is 0 Å². The smallest absolute Gasteiger partial charge is 0.122 e. The molecule has 6 heteroatoms. The zero-order valence-corrected chi connectivity index (χ0v) is 23.6. The normalized spacial score (nSPS) is 16.2. The minimum atomic E-state index is 0.376. The summed E-state index contributed by atoms with van der Waals surface area (Å²) in [5, 5.41) is 32.2. The van der Waals surface area contributed by atoms with E-state index in [1.165, 1.54) is 0 Å². The molecule has 204 valence electrons. The monoisotopic (exact) mass is 517 g/mol. The molecule has 0 atom stereocenters. The van der Waals surface area contributed by atoms with Crippen molar-refractivity contribution >= 4 is 0 Å². The van der Waals surface area contributed by atoms with Gasteiger partial charge in [0.05, 0.1) is 0 Å². The van der Waals surface area contributed by atoms with Crippen LogP contribution in [0.1, 0.15) is 44.5 Å². The average molecular weight is 518 g/mol. The molecule has 38 heavy (non-hydrogen) atoms. The zero-order valence-electron chi connectivity index (χ0n) is 23.6. The Balaban J connectivity index is 1.58. The molecule has 1 fully saturated rings. The first-order chi connectivity index (χ1) is 18.1. The third kappa shape index (κ3) is 6.87. The number of phenols is 3. The van der Waals surface area contributed by atoms with Crippen molar-refractivity contribution in [3.8, 4) is 17.2 Å². The third-order valence-electron chi connectivity index (χ3n) is 7.75. The van der Waals surface area contributed by atoms with E-state index in [-0.39, 0.29) is 0 Å². The SMILES string of the molecule is Cc1cc(C)c(O)c(CN2CCN(Cc3cccc(C)c3O)CCN(Cc3cc(C)cc(C)c3O)CC2)c1. The summed E-state index contributed by atoms with van der Waals surface area (Å²) in [5.41, 5.74) is 7.89. The summed E-state index contributed by atoms with van der Waals surface area (Å²) in [6.07, 6.45) is 0. The van der Waals surface area contributed by atoms with Crippen molar-refractivity contribution in [1.82, 2.24) is 14.7 Å². The minimum Gasteiger partial charge on any atom is -0.507 e. The highest BCUT2D eigenvalue weighted by molar-refractivity contribution is 5.43. The summed E-state index contributed by atoms with van der Waals surface area (Å²) >= 11 is 0. The fraction of sp³-hybridized carbons (Fsp3) is 0.438. The molecule has 0 spiro atoms. The van der Waals surface area contributed by atoms with Gasteiger partial charge in [0, 0.05) is 75.6 Å². The molecule has 3 aromatic carbocycles. The van der Waals surface area contributed by atoms with Gasteiger partial charge < -0.3 is 15.3 Å². The lowest BCUT2D eigenvalue weighted by atomic mass is 10.0. The summed E-state index contributed by atoms with van der Waals surface area (Å²) in [7, 11) is 0. The number of aromatic hydroxyl groups is 3. The van der Waals surface area contributed by atoms with Crippen molar-refractivity contribution < 1.29 is 15.3 Å². The number of benzene rings is 3. The van der Waals surface area contributed by atoms with Gasteiger partial charge in [-0.3, -0.25) is 14.7 Å². The fourth-order valence-corrected chi connectivity index (χ4v) is 5.57. The first kappa shape index (κ1) is 28.0. The predicted molar refractivity (Wildman–Crippen MR) is 154 cm³/mol. The second-order valence-electron chi connectivity index (χ2n) is 11.1. The van der Waals surface area contributed by atoms with Crippen LogP contribution in [0.4, 0.5) is 0 Å². The molecule has 3 aromatic rings. The van der Waals surface area contributed by atoms with E-state index < -0.39 is 0 Å². The summed E-state index contributed by atoms with van der Waals surface area (Å²) in [6.45, 7) is 17.2. The summed E-state index contributed by atoms with van der Waals surface area (Å²) in [4.78, 5) is 7.23. The molecule has 0 aliphatic carbocycles. The number of aryl methyl sites for hydroxylation is 5. The first-order valence-electron chi connectivity index (χ1n) is 13.6. The fourth-order valence-electron chi connectivity index (χ4n) is 5.57. The lowest BCUT2D eigenvalue weighted by molar-refractivity contribution is 0.207. The molecule has 0 radical (unpaired) electrons. The van der Waals surface area contributed by atoms with Crippen molar-refractivity contribution in [3.05, 3.63) is 87.0 Å². The van der Waals surface area contributed by atoms with Gasteiger partial charge in [-0.25, -0.2) is 0 Å². The third-order valence-corrected chi connectivity index (χ3v) is 7.75. The van der Waals surface area contributed by atoms with E-state index in [0.717, 1.165) is 83.8 Å². The molecule has 0 aromatic heterocycles. The van der Waals surface area contributed by atoms with Crippen molar-refractivity contribution in [3.63, 3.8) is 0 Å². The highest BCUT2D eigenvalue weighted by Gasteiger charge is 2.20. The highest BCUT2D eigenvalue weighted by atomic mass is 16.3. The molecule has 0 unspecified atom stereocenters. The number of para-hydroxylation sites is 1. The molecule has 0 bridgehead atoms. The standard InChI is InChI=1S/C32H43N3O3/c1-22-15-25(4)31(37)28(17-22)20-34-11-9-33(19-27-8-6-7-24(3)30(27)36)10-12-35(14-13-34)21-29-18-23(2)16-26(5)32(29)38/h6-8,15-18,36-38H,9-14,19-21H2,1-5H3. The van der Waals surface area contributed by atoms with Crippen molar-refractivity contribution in [1.29, 1.82) is 0 Å². The van der Waals surface area contributed by atoms with Crippen LogP contribution in [0.3, 0.4) is 0 Å². The van der Waals surface area contributed by atoms with E-state index in [0.29, 0.717) is 36.9 Å². The Morgan fingerprint density at radius 2 is 0.868 bits per heavy atom. The van der Waals surface area contributed by atoms with Gasteiger partial charge in [-0.2, -0.15) is 0 Å². The first-order valence-corrected chi connectivity index (χ1v) is 13.6. The Morgan fingerprint density at radius 1 is 0.500 bits per heavy atom. The maximum Gasteiger partial charge on any atom is 0.122 e. The second-order valence-corrected chi connectivity index (χ2v) is 11.1. The summed E-state index contributed by atoms with van der Waals surface area (Å²) in [5.74, 6) is 1.14. The summed E-state index contributed by atoms with van der Waals surface area (Å²) in [6, 6.07) is 14.2. The van der Waals surface area contributed by atoms with E-state index in [1.54, 1.807) is 0 Å². The molecule has 6 nitrogen and oxygen atoms in total. The van der Waals surface area contributed by atoms with Crippen LogP contribution in [0.2, 0.25) is 0 Å². The van der Waals surface area contributed by atoms with Gasteiger partial charge in [-0.1, -0.05) is 53.6 Å². The lowest BCUT2D eigenvalue weighted by Gasteiger charge is -2.27. The van der Waals surface area contributed by atoms with Gasteiger partial charge in [0.25, 0.3) is 0 Å². The number of hydrogen-bond acceptors (Lipinski definition) is 6. The van der Waals surface area contributed by atoms with Crippen LogP contribution in [0.15, 0.2) is 42.5 Å².